The van der Waals surface area contributed by atoms with E-state index in [0.29, 0.717) is 28.2 Å². The Kier molecular flexibility index (Phi) is 4.01. The van der Waals surface area contributed by atoms with Crippen LogP contribution in [-0.2, 0) is 0 Å². The summed E-state index contributed by atoms with van der Waals surface area (Å²) < 4.78 is 5.81. The molecular weight excluding hydrogens is 324 g/mol. The van der Waals surface area contributed by atoms with Gasteiger partial charge >= 0.3 is 0 Å². The molecule has 0 radical (unpaired) electrons. The van der Waals surface area contributed by atoms with Crippen LogP contribution in [0.2, 0.25) is 0 Å². The van der Waals surface area contributed by atoms with Gasteiger partial charge in [-0.25, -0.2) is 4.98 Å². The van der Waals surface area contributed by atoms with Crippen molar-refractivity contribution >= 4 is 22.7 Å². The van der Waals surface area contributed by atoms with Crippen molar-refractivity contribution < 1.29 is 9.21 Å². The summed E-state index contributed by atoms with van der Waals surface area (Å²) in [5.41, 5.74) is 5.77. The third-order valence-corrected chi connectivity index (χ3v) is 4.29. The van der Waals surface area contributed by atoms with Crippen molar-refractivity contribution in [3.05, 3.63) is 83.4 Å². The molecule has 0 bridgehead atoms. The Bertz CT molecular complexity index is 1100. The molecule has 0 saturated heterocycles. The number of hydrogen-bond acceptors (Lipinski definition) is 3. The standard InChI is InChI=1S/C22H18N2O2/c1-14-8-10-18(15(2)12-14)21(25)23-17-9-11-20-19(13-17)24-22(26-20)16-6-4-3-5-7-16/h3-13H,1-2H3,(H,23,25). The molecule has 4 heteroatoms. The zero-order valence-electron chi connectivity index (χ0n) is 14.6. The molecule has 0 spiro atoms. The van der Waals surface area contributed by atoms with Crippen molar-refractivity contribution in [2.24, 2.45) is 0 Å². The van der Waals surface area contributed by atoms with Gasteiger partial charge in [-0.2, -0.15) is 0 Å². The molecule has 26 heavy (non-hydrogen) atoms. The molecule has 4 nitrogen and oxygen atoms in total. The number of nitrogens with one attached hydrogen (secondary N) is 1. The smallest absolute Gasteiger partial charge is 0.255 e. The lowest BCUT2D eigenvalue weighted by Crippen LogP contribution is -2.13. The minimum Gasteiger partial charge on any atom is -0.436 e. The number of nitrogens with zero attached hydrogens (tertiary/aromatic N) is 1. The number of aromatic nitrogens is 1. The lowest BCUT2D eigenvalue weighted by atomic mass is 10.1. The molecule has 128 valence electrons. The predicted octanol–water partition coefficient (Wildman–Crippen LogP) is 5.36. The van der Waals surface area contributed by atoms with Gasteiger partial charge in [0.25, 0.3) is 5.91 Å². The van der Waals surface area contributed by atoms with E-state index in [1.165, 1.54) is 0 Å². The average molecular weight is 342 g/mol. The number of anilines is 1. The zero-order chi connectivity index (χ0) is 18.1. The molecule has 1 amide bonds. The average Bonchev–Trinajstić information content (AvgIpc) is 3.05. The van der Waals surface area contributed by atoms with Gasteiger partial charge in [-0.3, -0.25) is 4.79 Å². The molecule has 4 rings (SSSR count). The summed E-state index contributed by atoms with van der Waals surface area (Å²) in [6.45, 7) is 3.95. The van der Waals surface area contributed by atoms with E-state index in [9.17, 15) is 4.79 Å². The van der Waals surface area contributed by atoms with Crippen LogP contribution in [0.5, 0.6) is 0 Å². The van der Waals surface area contributed by atoms with Crippen molar-refractivity contribution in [3.63, 3.8) is 0 Å². The number of rotatable bonds is 3. The Hall–Kier alpha value is -3.40. The predicted molar refractivity (Wildman–Crippen MR) is 103 cm³/mol. The molecule has 0 unspecified atom stereocenters. The summed E-state index contributed by atoms with van der Waals surface area (Å²) in [5.74, 6) is 0.437. The summed E-state index contributed by atoms with van der Waals surface area (Å²) in [4.78, 5) is 17.1. The highest BCUT2D eigenvalue weighted by atomic mass is 16.3. The number of fused-ring (bicyclic) bond motifs is 1. The van der Waals surface area contributed by atoms with E-state index in [4.69, 9.17) is 4.42 Å². The Morgan fingerprint density at radius 2 is 1.77 bits per heavy atom. The van der Waals surface area contributed by atoms with Gasteiger partial charge in [0.05, 0.1) is 0 Å². The molecule has 1 aromatic heterocycles. The SMILES string of the molecule is Cc1ccc(C(=O)Nc2ccc3oc(-c4ccccc4)nc3c2)c(C)c1. The first-order chi connectivity index (χ1) is 12.6. The molecule has 0 saturated carbocycles. The van der Waals surface area contributed by atoms with Crippen LogP contribution in [0.1, 0.15) is 21.5 Å². The van der Waals surface area contributed by atoms with Crippen LogP contribution in [0.15, 0.2) is 71.1 Å². The maximum absolute atomic E-state index is 12.6. The lowest BCUT2D eigenvalue weighted by molar-refractivity contribution is 0.102. The molecule has 1 N–H and O–H groups in total. The highest BCUT2D eigenvalue weighted by molar-refractivity contribution is 6.05. The largest absolute Gasteiger partial charge is 0.436 e. The fourth-order valence-electron chi connectivity index (χ4n) is 2.98. The Labute approximate surface area is 151 Å². The first-order valence-electron chi connectivity index (χ1n) is 8.45. The van der Waals surface area contributed by atoms with Crippen LogP contribution in [0, 0.1) is 13.8 Å². The van der Waals surface area contributed by atoms with Crippen LogP contribution in [0.4, 0.5) is 5.69 Å². The van der Waals surface area contributed by atoms with Gasteiger partial charge in [0, 0.05) is 16.8 Å². The second-order valence-electron chi connectivity index (χ2n) is 6.34. The normalized spacial score (nSPS) is 10.8. The van der Waals surface area contributed by atoms with Gasteiger partial charge in [-0.1, -0.05) is 35.9 Å². The van der Waals surface area contributed by atoms with E-state index in [1.54, 1.807) is 0 Å². The van der Waals surface area contributed by atoms with E-state index in [1.807, 2.05) is 80.6 Å². The number of hydrogen-bond donors (Lipinski definition) is 1. The Morgan fingerprint density at radius 3 is 2.54 bits per heavy atom. The van der Waals surface area contributed by atoms with Crippen molar-refractivity contribution in [1.82, 2.24) is 4.98 Å². The van der Waals surface area contributed by atoms with E-state index < -0.39 is 0 Å². The zero-order valence-corrected chi connectivity index (χ0v) is 14.6. The van der Waals surface area contributed by atoms with Crippen LogP contribution < -0.4 is 5.32 Å². The first-order valence-corrected chi connectivity index (χ1v) is 8.45. The maximum Gasteiger partial charge on any atom is 0.255 e. The molecule has 0 fully saturated rings. The van der Waals surface area contributed by atoms with E-state index in [0.717, 1.165) is 16.7 Å². The third-order valence-electron chi connectivity index (χ3n) is 4.29. The summed E-state index contributed by atoms with van der Waals surface area (Å²) in [6.07, 6.45) is 0. The van der Waals surface area contributed by atoms with Crippen LogP contribution in [0.25, 0.3) is 22.6 Å². The van der Waals surface area contributed by atoms with E-state index >= 15 is 0 Å². The Balaban J connectivity index is 1.62. The minimum atomic E-state index is -0.131. The summed E-state index contributed by atoms with van der Waals surface area (Å²) in [5, 5.41) is 2.94. The molecule has 0 aliphatic rings. The Morgan fingerprint density at radius 1 is 0.962 bits per heavy atom. The molecule has 0 aliphatic carbocycles. The molecule has 0 aliphatic heterocycles. The van der Waals surface area contributed by atoms with E-state index in [2.05, 4.69) is 10.3 Å². The van der Waals surface area contributed by atoms with Gasteiger partial charge in [0.2, 0.25) is 5.89 Å². The number of amides is 1. The molecule has 0 atom stereocenters. The number of benzene rings is 3. The fraction of sp³-hybridized carbons (Fsp3) is 0.0909. The number of aryl methyl sites for hydroxylation is 2. The monoisotopic (exact) mass is 342 g/mol. The van der Waals surface area contributed by atoms with Gasteiger partial charge in [-0.15, -0.1) is 0 Å². The number of carbonyl (C=O) groups excluding carboxylic acids is 1. The van der Waals surface area contributed by atoms with Crippen LogP contribution in [-0.4, -0.2) is 10.9 Å². The van der Waals surface area contributed by atoms with Crippen LogP contribution >= 0.6 is 0 Å². The van der Waals surface area contributed by atoms with Gasteiger partial charge in [0.1, 0.15) is 5.52 Å². The van der Waals surface area contributed by atoms with Crippen molar-refractivity contribution in [3.8, 4) is 11.5 Å². The summed E-state index contributed by atoms with van der Waals surface area (Å²) in [6, 6.07) is 21.0. The summed E-state index contributed by atoms with van der Waals surface area (Å²) in [7, 11) is 0. The van der Waals surface area contributed by atoms with Crippen molar-refractivity contribution in [2.75, 3.05) is 5.32 Å². The topological polar surface area (TPSA) is 55.1 Å². The summed E-state index contributed by atoms with van der Waals surface area (Å²) >= 11 is 0. The quantitative estimate of drug-likeness (QED) is 0.545. The van der Waals surface area contributed by atoms with Gasteiger partial charge in [-0.05, 0) is 55.8 Å². The van der Waals surface area contributed by atoms with E-state index in [-0.39, 0.29) is 5.91 Å². The fourth-order valence-corrected chi connectivity index (χ4v) is 2.98. The highest BCUT2D eigenvalue weighted by Crippen LogP contribution is 2.26. The third kappa shape index (κ3) is 3.09. The molecule has 4 aromatic rings. The minimum absolute atomic E-state index is 0.131. The second-order valence-corrected chi connectivity index (χ2v) is 6.34. The first kappa shape index (κ1) is 16.1. The van der Waals surface area contributed by atoms with Gasteiger partial charge < -0.3 is 9.73 Å². The second kappa shape index (κ2) is 6.48. The number of oxazole rings is 1. The number of carbonyl (C=O) groups is 1. The maximum atomic E-state index is 12.6. The molecule has 3 aromatic carbocycles. The molecular formula is C22H18N2O2. The molecule has 1 heterocycles. The van der Waals surface area contributed by atoms with Crippen molar-refractivity contribution in [2.45, 2.75) is 13.8 Å². The van der Waals surface area contributed by atoms with Crippen molar-refractivity contribution in [1.29, 1.82) is 0 Å². The highest BCUT2D eigenvalue weighted by Gasteiger charge is 2.12. The van der Waals surface area contributed by atoms with Gasteiger partial charge in [0.15, 0.2) is 5.58 Å². The lowest BCUT2D eigenvalue weighted by Gasteiger charge is -2.08. The van der Waals surface area contributed by atoms with Crippen LogP contribution in [0.3, 0.4) is 0 Å².